The van der Waals surface area contributed by atoms with E-state index in [4.69, 9.17) is 11.6 Å². The number of fused-ring (bicyclic) bond motifs is 2. The minimum Gasteiger partial charge on any atom is -0.0888 e. The van der Waals surface area contributed by atoms with Crippen LogP contribution in [0.5, 0.6) is 0 Å². The van der Waals surface area contributed by atoms with Gasteiger partial charge in [-0.05, 0) is 77.8 Å². The molecule has 0 nitrogen and oxygen atoms in total. The van der Waals surface area contributed by atoms with Gasteiger partial charge in [0.15, 0.2) is 0 Å². The maximum Gasteiger partial charge on any atom is 0.0231 e. The molecule has 126 valence electrons. The Hall–Kier alpha value is -2.83. The lowest BCUT2D eigenvalue weighted by atomic mass is 9.82. The summed E-state index contributed by atoms with van der Waals surface area (Å²) in [6, 6.07) is 18.4. The molecule has 0 saturated heterocycles. The van der Waals surface area contributed by atoms with Crippen LogP contribution in [-0.4, -0.2) is 0 Å². The van der Waals surface area contributed by atoms with Gasteiger partial charge in [0, 0.05) is 11.5 Å². The molecular formula is C26H15Cl. The van der Waals surface area contributed by atoms with Gasteiger partial charge in [-0.2, -0.15) is 0 Å². The van der Waals surface area contributed by atoms with E-state index < -0.39 is 0 Å². The summed E-state index contributed by atoms with van der Waals surface area (Å²) in [6.07, 6.45) is 8.55. The summed E-state index contributed by atoms with van der Waals surface area (Å²) in [6.45, 7) is 0. The number of benzene rings is 5. The van der Waals surface area contributed by atoms with Crippen LogP contribution in [0.2, 0.25) is 0 Å². The third kappa shape index (κ3) is 1.66. The summed E-state index contributed by atoms with van der Waals surface area (Å²) in [4.78, 5) is 0. The molecule has 0 heterocycles. The number of allylic oxidation sites excluding steroid dienone is 2. The van der Waals surface area contributed by atoms with Crippen molar-refractivity contribution >= 4 is 66.8 Å². The first-order valence-corrected chi connectivity index (χ1v) is 9.88. The van der Waals surface area contributed by atoms with Crippen molar-refractivity contribution < 1.29 is 0 Å². The molecular weight excluding hydrogens is 348 g/mol. The molecule has 2 aliphatic rings. The van der Waals surface area contributed by atoms with Crippen molar-refractivity contribution in [2.75, 3.05) is 0 Å². The highest BCUT2D eigenvalue weighted by atomic mass is 35.5. The van der Waals surface area contributed by atoms with Crippen molar-refractivity contribution in [1.82, 2.24) is 0 Å². The summed E-state index contributed by atoms with van der Waals surface area (Å²) in [5.74, 6) is 0. The lowest BCUT2D eigenvalue weighted by molar-refractivity contribution is 1.27. The van der Waals surface area contributed by atoms with Gasteiger partial charge in [0.2, 0.25) is 0 Å². The first kappa shape index (κ1) is 14.3. The van der Waals surface area contributed by atoms with Gasteiger partial charge in [-0.3, -0.25) is 0 Å². The second-order valence-electron chi connectivity index (χ2n) is 7.82. The van der Waals surface area contributed by atoms with E-state index in [1.54, 1.807) is 0 Å². The summed E-state index contributed by atoms with van der Waals surface area (Å²) in [5, 5.41) is 12.0. The quantitative estimate of drug-likeness (QED) is 0.198. The summed E-state index contributed by atoms with van der Waals surface area (Å²) in [7, 11) is 0. The van der Waals surface area contributed by atoms with Crippen LogP contribution >= 0.6 is 11.6 Å². The Bertz CT molecular complexity index is 1490. The fraction of sp³-hybridized carbons (Fsp3) is 0.0769. The molecule has 0 saturated carbocycles. The first-order valence-electron chi connectivity index (χ1n) is 9.50. The predicted octanol–water partition coefficient (Wildman–Crippen LogP) is 7.44. The van der Waals surface area contributed by atoms with Crippen molar-refractivity contribution in [1.29, 1.82) is 0 Å². The standard InChI is InChI=1S/C26H15Cl/c27-18-12-16-6-10-21-19-8-4-14-2-1-3-15-5-9-20(25(19)23(14)15)22-11-7-17(13-18)24(16)26(21)22/h1-2,4-11,13H,3,12H2. The maximum absolute atomic E-state index is 6.42. The van der Waals surface area contributed by atoms with Gasteiger partial charge in [-0.15, -0.1) is 0 Å². The molecule has 0 fully saturated rings. The van der Waals surface area contributed by atoms with Crippen LogP contribution in [0.4, 0.5) is 0 Å². The van der Waals surface area contributed by atoms with Crippen LogP contribution in [-0.2, 0) is 12.8 Å². The highest BCUT2D eigenvalue weighted by Gasteiger charge is 2.21. The molecule has 7 rings (SSSR count). The minimum absolute atomic E-state index is 0.833. The molecule has 1 heteroatoms. The smallest absolute Gasteiger partial charge is 0.0231 e. The third-order valence-electron chi connectivity index (χ3n) is 6.45. The minimum atomic E-state index is 0.833. The Morgan fingerprint density at radius 3 is 1.93 bits per heavy atom. The SMILES string of the molecule is ClC1=Cc2ccc3c4ccc5c6c(ccc(c7ccc(c2c37)C1)c64)C=CC5. The van der Waals surface area contributed by atoms with Gasteiger partial charge < -0.3 is 0 Å². The van der Waals surface area contributed by atoms with Gasteiger partial charge >= 0.3 is 0 Å². The van der Waals surface area contributed by atoms with E-state index in [2.05, 4.69) is 66.8 Å². The van der Waals surface area contributed by atoms with Gasteiger partial charge in [0.05, 0.1) is 0 Å². The Morgan fingerprint density at radius 2 is 1.19 bits per heavy atom. The van der Waals surface area contributed by atoms with Crippen molar-refractivity contribution in [3.05, 3.63) is 81.9 Å². The molecule has 2 aliphatic carbocycles. The van der Waals surface area contributed by atoms with E-state index >= 15 is 0 Å². The zero-order chi connectivity index (χ0) is 17.7. The van der Waals surface area contributed by atoms with Crippen LogP contribution in [0, 0.1) is 0 Å². The van der Waals surface area contributed by atoms with Crippen molar-refractivity contribution in [2.24, 2.45) is 0 Å². The van der Waals surface area contributed by atoms with Crippen LogP contribution in [0.3, 0.4) is 0 Å². The zero-order valence-corrected chi connectivity index (χ0v) is 15.4. The number of rotatable bonds is 0. The molecule has 0 aromatic heterocycles. The number of hydrogen-bond acceptors (Lipinski definition) is 0. The van der Waals surface area contributed by atoms with E-state index in [1.165, 1.54) is 65.3 Å². The number of hydrogen-bond donors (Lipinski definition) is 0. The molecule has 0 aliphatic heterocycles. The van der Waals surface area contributed by atoms with E-state index in [0.717, 1.165) is 17.9 Å². The molecule has 5 aromatic rings. The second-order valence-corrected chi connectivity index (χ2v) is 8.31. The molecule has 0 unspecified atom stereocenters. The average molecular weight is 363 g/mol. The second kappa shape index (κ2) is 4.71. The molecule has 0 bridgehead atoms. The Kier molecular flexibility index (Phi) is 2.49. The Labute approximate surface area is 161 Å². The van der Waals surface area contributed by atoms with E-state index in [9.17, 15) is 0 Å². The van der Waals surface area contributed by atoms with Crippen molar-refractivity contribution in [3.8, 4) is 0 Å². The lowest BCUT2D eigenvalue weighted by Crippen LogP contribution is -1.99. The molecule has 0 spiro atoms. The largest absolute Gasteiger partial charge is 0.0888 e. The maximum atomic E-state index is 6.42. The van der Waals surface area contributed by atoms with Crippen LogP contribution in [0.25, 0.3) is 55.2 Å². The van der Waals surface area contributed by atoms with E-state index in [0.29, 0.717) is 0 Å². The normalized spacial score (nSPS) is 15.4. The molecule has 0 amide bonds. The van der Waals surface area contributed by atoms with E-state index in [1.807, 2.05) is 0 Å². The van der Waals surface area contributed by atoms with E-state index in [-0.39, 0.29) is 0 Å². The van der Waals surface area contributed by atoms with Gasteiger partial charge in [0.25, 0.3) is 0 Å². The monoisotopic (exact) mass is 362 g/mol. The fourth-order valence-corrected chi connectivity index (χ4v) is 5.64. The molecule has 0 radical (unpaired) electrons. The summed E-state index contributed by atoms with van der Waals surface area (Å²) < 4.78 is 0. The topological polar surface area (TPSA) is 0 Å². The fourth-order valence-electron chi connectivity index (χ4n) is 5.38. The van der Waals surface area contributed by atoms with Crippen LogP contribution < -0.4 is 0 Å². The average Bonchev–Trinajstić information content (AvgIpc) is 2.70. The van der Waals surface area contributed by atoms with Crippen molar-refractivity contribution in [3.63, 3.8) is 0 Å². The lowest BCUT2D eigenvalue weighted by Gasteiger charge is -2.22. The van der Waals surface area contributed by atoms with Crippen LogP contribution in [0.15, 0.2) is 59.6 Å². The zero-order valence-electron chi connectivity index (χ0n) is 14.6. The van der Waals surface area contributed by atoms with Gasteiger partial charge in [0.1, 0.15) is 0 Å². The number of halogens is 1. The highest BCUT2D eigenvalue weighted by molar-refractivity contribution is 6.36. The molecule has 0 atom stereocenters. The van der Waals surface area contributed by atoms with Gasteiger partial charge in [-0.25, -0.2) is 0 Å². The summed E-state index contributed by atoms with van der Waals surface area (Å²) in [5.41, 5.74) is 5.38. The van der Waals surface area contributed by atoms with Crippen molar-refractivity contribution in [2.45, 2.75) is 12.8 Å². The predicted molar refractivity (Wildman–Crippen MR) is 118 cm³/mol. The molecule has 27 heavy (non-hydrogen) atoms. The Balaban J connectivity index is 1.83. The van der Waals surface area contributed by atoms with Gasteiger partial charge in [-0.1, -0.05) is 72.3 Å². The highest BCUT2D eigenvalue weighted by Crippen LogP contribution is 2.46. The third-order valence-corrected chi connectivity index (χ3v) is 6.69. The van der Waals surface area contributed by atoms with Crippen LogP contribution in [0.1, 0.15) is 22.3 Å². The summed E-state index contributed by atoms with van der Waals surface area (Å²) >= 11 is 6.42. The first-order chi connectivity index (χ1) is 13.3. The molecule has 5 aromatic carbocycles. The Morgan fingerprint density at radius 1 is 0.593 bits per heavy atom. The molecule has 0 N–H and O–H groups in total.